The Kier molecular flexibility index (Phi) is 6.97. The first-order valence-corrected chi connectivity index (χ1v) is 8.89. The highest BCUT2D eigenvalue weighted by Gasteiger charge is 2.29. The maximum atomic E-state index is 12.5. The quantitative estimate of drug-likeness (QED) is 0.791. The van der Waals surface area contributed by atoms with E-state index in [2.05, 4.69) is 10.2 Å². The number of rotatable bonds is 6. The van der Waals surface area contributed by atoms with E-state index >= 15 is 0 Å². The Morgan fingerprint density at radius 1 is 1.10 bits per heavy atom. The summed E-state index contributed by atoms with van der Waals surface area (Å²) in [5.74, 6) is 0.154. The number of hydrogen-bond donors (Lipinski definition) is 2. The zero-order chi connectivity index (χ0) is 15.1. The summed E-state index contributed by atoms with van der Waals surface area (Å²) in [5.41, 5.74) is 0. The summed E-state index contributed by atoms with van der Waals surface area (Å²) in [6.07, 6.45) is 12.2. The summed E-state index contributed by atoms with van der Waals surface area (Å²) in [7, 11) is 0. The van der Waals surface area contributed by atoms with Gasteiger partial charge in [0.25, 0.3) is 0 Å². The zero-order valence-electron chi connectivity index (χ0n) is 13.5. The fourth-order valence-corrected chi connectivity index (χ4v) is 3.94. The molecule has 1 unspecified atom stereocenters. The van der Waals surface area contributed by atoms with Crippen molar-refractivity contribution in [3.8, 4) is 0 Å². The average molecular weight is 296 g/mol. The van der Waals surface area contributed by atoms with Crippen LogP contribution in [0.15, 0.2) is 0 Å². The van der Waals surface area contributed by atoms with E-state index in [0.29, 0.717) is 18.6 Å². The molecular formula is C17H32N2O2. The lowest BCUT2D eigenvalue weighted by Gasteiger charge is -2.38. The van der Waals surface area contributed by atoms with Crippen molar-refractivity contribution in [3.63, 3.8) is 0 Å². The average Bonchev–Trinajstić information content (AvgIpc) is 2.53. The molecule has 2 N–H and O–H groups in total. The second-order valence-corrected chi connectivity index (χ2v) is 6.77. The molecule has 0 saturated heterocycles. The van der Waals surface area contributed by atoms with Crippen LogP contribution in [0.5, 0.6) is 0 Å². The van der Waals surface area contributed by atoms with Crippen LogP contribution in [0.3, 0.4) is 0 Å². The van der Waals surface area contributed by atoms with Crippen LogP contribution >= 0.6 is 0 Å². The maximum Gasteiger partial charge on any atom is 0.237 e. The fourth-order valence-electron chi connectivity index (χ4n) is 3.94. The van der Waals surface area contributed by atoms with Crippen molar-refractivity contribution in [1.29, 1.82) is 0 Å². The van der Waals surface area contributed by atoms with Crippen molar-refractivity contribution >= 4 is 5.91 Å². The highest BCUT2D eigenvalue weighted by atomic mass is 16.3. The highest BCUT2D eigenvalue weighted by Crippen LogP contribution is 2.24. The number of nitrogens with one attached hydrogen (secondary N) is 1. The SMILES string of the molecule is CC(C(=O)NC1CCCCC1)N(CCO)C1CCCCC1. The van der Waals surface area contributed by atoms with Crippen molar-refractivity contribution in [2.45, 2.75) is 89.3 Å². The molecule has 4 heteroatoms. The second-order valence-electron chi connectivity index (χ2n) is 6.77. The molecule has 1 atom stereocenters. The molecule has 2 rings (SSSR count). The molecule has 1 amide bonds. The third-order valence-corrected chi connectivity index (χ3v) is 5.23. The zero-order valence-corrected chi connectivity index (χ0v) is 13.5. The number of amides is 1. The molecule has 122 valence electrons. The predicted octanol–water partition coefficient (Wildman–Crippen LogP) is 2.45. The van der Waals surface area contributed by atoms with Gasteiger partial charge in [0.05, 0.1) is 12.6 Å². The Balaban J connectivity index is 1.89. The van der Waals surface area contributed by atoms with Gasteiger partial charge >= 0.3 is 0 Å². The predicted molar refractivity (Wildman–Crippen MR) is 85.1 cm³/mol. The molecule has 0 heterocycles. The van der Waals surface area contributed by atoms with Crippen LogP contribution in [-0.4, -0.2) is 47.2 Å². The van der Waals surface area contributed by atoms with Gasteiger partial charge in [-0.15, -0.1) is 0 Å². The Labute approximate surface area is 129 Å². The van der Waals surface area contributed by atoms with Gasteiger partial charge in [-0.2, -0.15) is 0 Å². The van der Waals surface area contributed by atoms with Crippen LogP contribution in [0.25, 0.3) is 0 Å². The minimum atomic E-state index is -0.123. The van der Waals surface area contributed by atoms with Crippen molar-refractivity contribution < 1.29 is 9.90 Å². The van der Waals surface area contributed by atoms with E-state index in [4.69, 9.17) is 0 Å². The molecule has 0 bridgehead atoms. The number of nitrogens with zero attached hydrogens (tertiary/aromatic N) is 1. The maximum absolute atomic E-state index is 12.5. The van der Waals surface area contributed by atoms with E-state index in [0.717, 1.165) is 12.8 Å². The lowest BCUT2D eigenvalue weighted by molar-refractivity contribution is -0.128. The summed E-state index contributed by atoms with van der Waals surface area (Å²) in [4.78, 5) is 14.8. The van der Waals surface area contributed by atoms with Crippen molar-refractivity contribution in [3.05, 3.63) is 0 Å². The summed E-state index contributed by atoms with van der Waals surface area (Å²) >= 11 is 0. The van der Waals surface area contributed by atoms with Crippen LogP contribution in [0.1, 0.15) is 71.1 Å². The third kappa shape index (κ3) is 4.96. The standard InChI is InChI=1S/C17H32N2O2/c1-14(17(21)18-15-8-4-2-5-9-15)19(12-13-20)16-10-6-3-7-11-16/h14-16,20H,2-13H2,1H3,(H,18,21). The first-order chi connectivity index (χ1) is 10.2. The Bertz CT molecular complexity index is 310. The van der Waals surface area contributed by atoms with Gasteiger partial charge in [-0.1, -0.05) is 38.5 Å². The Morgan fingerprint density at radius 2 is 1.67 bits per heavy atom. The van der Waals surface area contributed by atoms with Crippen LogP contribution in [0, 0.1) is 0 Å². The molecule has 0 aromatic rings. The van der Waals surface area contributed by atoms with Gasteiger partial charge in [0.15, 0.2) is 0 Å². The molecule has 0 aliphatic heterocycles. The third-order valence-electron chi connectivity index (χ3n) is 5.23. The number of carbonyl (C=O) groups is 1. The van der Waals surface area contributed by atoms with E-state index in [1.54, 1.807) is 0 Å². The lowest BCUT2D eigenvalue weighted by atomic mass is 9.92. The van der Waals surface area contributed by atoms with Crippen molar-refractivity contribution in [1.82, 2.24) is 10.2 Å². The van der Waals surface area contributed by atoms with Gasteiger partial charge in [-0.05, 0) is 32.6 Å². The van der Waals surface area contributed by atoms with E-state index < -0.39 is 0 Å². The molecule has 2 saturated carbocycles. The summed E-state index contributed by atoms with van der Waals surface area (Å²) in [6, 6.07) is 0.719. The Hall–Kier alpha value is -0.610. The van der Waals surface area contributed by atoms with Gasteiger partial charge in [0.2, 0.25) is 5.91 Å². The fraction of sp³-hybridized carbons (Fsp3) is 0.941. The van der Waals surface area contributed by atoms with E-state index in [9.17, 15) is 9.90 Å². The molecule has 21 heavy (non-hydrogen) atoms. The van der Waals surface area contributed by atoms with Gasteiger partial charge in [-0.3, -0.25) is 9.69 Å². The molecule has 4 nitrogen and oxygen atoms in total. The Morgan fingerprint density at radius 3 is 2.24 bits per heavy atom. The minimum absolute atomic E-state index is 0.123. The van der Waals surface area contributed by atoms with Gasteiger partial charge in [0.1, 0.15) is 0 Å². The lowest BCUT2D eigenvalue weighted by Crippen LogP contribution is -2.53. The normalized spacial score (nSPS) is 23.2. The number of aliphatic hydroxyl groups excluding tert-OH is 1. The molecule has 0 spiro atoms. The monoisotopic (exact) mass is 296 g/mol. The topological polar surface area (TPSA) is 52.6 Å². The van der Waals surface area contributed by atoms with Crippen LogP contribution in [0.4, 0.5) is 0 Å². The van der Waals surface area contributed by atoms with Gasteiger partial charge in [-0.25, -0.2) is 0 Å². The van der Waals surface area contributed by atoms with Gasteiger partial charge < -0.3 is 10.4 Å². The van der Waals surface area contributed by atoms with Crippen LogP contribution < -0.4 is 5.32 Å². The number of aliphatic hydroxyl groups is 1. The largest absolute Gasteiger partial charge is 0.395 e. The van der Waals surface area contributed by atoms with Crippen molar-refractivity contribution in [2.24, 2.45) is 0 Å². The summed E-state index contributed by atoms with van der Waals surface area (Å²) in [6.45, 7) is 2.75. The molecular weight excluding hydrogens is 264 g/mol. The van der Waals surface area contributed by atoms with E-state index in [-0.39, 0.29) is 18.6 Å². The van der Waals surface area contributed by atoms with Gasteiger partial charge in [0, 0.05) is 18.6 Å². The molecule has 0 radical (unpaired) electrons. The smallest absolute Gasteiger partial charge is 0.237 e. The van der Waals surface area contributed by atoms with E-state index in [1.807, 2.05) is 6.92 Å². The molecule has 2 aliphatic rings. The van der Waals surface area contributed by atoms with Crippen LogP contribution in [0.2, 0.25) is 0 Å². The second kappa shape index (κ2) is 8.74. The van der Waals surface area contributed by atoms with E-state index in [1.165, 1.54) is 51.4 Å². The highest BCUT2D eigenvalue weighted by molar-refractivity contribution is 5.81. The summed E-state index contributed by atoms with van der Waals surface area (Å²) in [5, 5.41) is 12.6. The van der Waals surface area contributed by atoms with Crippen molar-refractivity contribution in [2.75, 3.05) is 13.2 Å². The number of hydrogen-bond acceptors (Lipinski definition) is 3. The van der Waals surface area contributed by atoms with Crippen LogP contribution in [-0.2, 0) is 4.79 Å². The molecule has 0 aromatic heterocycles. The minimum Gasteiger partial charge on any atom is -0.395 e. The summed E-state index contributed by atoms with van der Waals surface area (Å²) < 4.78 is 0. The number of carbonyl (C=O) groups excluding carboxylic acids is 1. The first kappa shape index (κ1) is 16.8. The molecule has 2 fully saturated rings. The molecule has 0 aromatic carbocycles. The molecule has 2 aliphatic carbocycles. The first-order valence-electron chi connectivity index (χ1n) is 8.89.